The summed E-state index contributed by atoms with van der Waals surface area (Å²) >= 11 is 0. The minimum absolute atomic E-state index is 0.0768. The SMILES string of the molecule is N#CCCN(CCC#N)CCOC(=O)c1cc(C(=O)OCCN(CCC#N)CCC#N)cc(C(=O)OCCN(CCC#N)CCC#N)c1. The molecule has 0 atom stereocenters. The highest BCUT2D eigenvalue weighted by Gasteiger charge is 2.20. The van der Waals surface area contributed by atoms with E-state index in [-0.39, 0.29) is 94.7 Å². The van der Waals surface area contributed by atoms with Crippen molar-refractivity contribution >= 4 is 17.9 Å². The topological polar surface area (TPSA) is 231 Å². The van der Waals surface area contributed by atoms with Gasteiger partial charge in [0.2, 0.25) is 0 Å². The number of esters is 3. The zero-order chi connectivity index (χ0) is 35.4. The van der Waals surface area contributed by atoms with Crippen LogP contribution in [0, 0.1) is 68.0 Å². The third-order valence-corrected chi connectivity index (χ3v) is 6.80. The van der Waals surface area contributed by atoms with Crippen LogP contribution in [0.15, 0.2) is 18.2 Å². The average molecular weight is 658 g/mol. The van der Waals surface area contributed by atoms with Gasteiger partial charge in [0, 0.05) is 97.4 Å². The highest BCUT2D eigenvalue weighted by Crippen LogP contribution is 2.15. The second-order valence-corrected chi connectivity index (χ2v) is 10.2. The van der Waals surface area contributed by atoms with E-state index in [1.54, 1.807) is 0 Å². The van der Waals surface area contributed by atoms with Crippen molar-refractivity contribution in [2.45, 2.75) is 38.5 Å². The Bertz CT molecular complexity index is 1200. The molecule has 0 saturated heterocycles. The van der Waals surface area contributed by atoms with Crippen LogP contribution in [0.4, 0.5) is 0 Å². The van der Waals surface area contributed by atoms with Gasteiger partial charge < -0.3 is 14.2 Å². The molecule has 0 saturated carbocycles. The van der Waals surface area contributed by atoms with Crippen LogP contribution in [0.2, 0.25) is 0 Å². The van der Waals surface area contributed by atoms with Crippen LogP contribution in [0.25, 0.3) is 0 Å². The molecule has 1 aromatic rings. The van der Waals surface area contributed by atoms with Crippen molar-refractivity contribution in [2.24, 2.45) is 0 Å². The van der Waals surface area contributed by atoms with E-state index in [0.717, 1.165) is 0 Å². The van der Waals surface area contributed by atoms with Gasteiger partial charge in [-0.25, -0.2) is 14.4 Å². The first kappa shape index (κ1) is 40.5. The van der Waals surface area contributed by atoms with Crippen molar-refractivity contribution in [3.8, 4) is 36.4 Å². The largest absolute Gasteiger partial charge is 0.461 e. The zero-order valence-electron chi connectivity index (χ0n) is 26.9. The zero-order valence-corrected chi connectivity index (χ0v) is 26.9. The molecular formula is C33H39N9O6. The Kier molecular flexibility index (Phi) is 21.6. The summed E-state index contributed by atoms with van der Waals surface area (Å²) in [6.07, 6.45) is 1.40. The maximum atomic E-state index is 13.0. The first-order valence-electron chi connectivity index (χ1n) is 15.4. The lowest BCUT2D eigenvalue weighted by Crippen LogP contribution is -2.30. The Hall–Kier alpha value is -5.55. The molecule has 0 aliphatic carbocycles. The van der Waals surface area contributed by atoms with Gasteiger partial charge in [0.05, 0.1) is 53.1 Å². The predicted molar refractivity (Wildman–Crippen MR) is 168 cm³/mol. The Morgan fingerprint density at radius 1 is 0.417 bits per heavy atom. The monoisotopic (exact) mass is 657 g/mol. The lowest BCUT2D eigenvalue weighted by molar-refractivity contribution is 0.0460. The number of nitrogens with zero attached hydrogens (tertiary/aromatic N) is 9. The van der Waals surface area contributed by atoms with Gasteiger partial charge in [0.15, 0.2) is 0 Å². The number of carbonyl (C=O) groups excluding carboxylic acids is 3. The second-order valence-electron chi connectivity index (χ2n) is 10.2. The molecule has 0 fully saturated rings. The van der Waals surface area contributed by atoms with Gasteiger partial charge in [0.25, 0.3) is 0 Å². The van der Waals surface area contributed by atoms with Crippen LogP contribution in [0.1, 0.15) is 69.6 Å². The van der Waals surface area contributed by atoms with Crippen molar-refractivity contribution in [3.05, 3.63) is 34.9 Å². The number of ether oxygens (including phenoxy) is 3. The number of carbonyl (C=O) groups is 3. The van der Waals surface area contributed by atoms with E-state index in [1.807, 2.05) is 51.1 Å². The van der Waals surface area contributed by atoms with Gasteiger partial charge in [-0.2, -0.15) is 31.6 Å². The fourth-order valence-electron chi connectivity index (χ4n) is 4.29. The second kappa shape index (κ2) is 25.6. The molecule has 0 amide bonds. The fraction of sp³-hybridized carbons (Fsp3) is 0.545. The Morgan fingerprint density at radius 2 is 0.625 bits per heavy atom. The molecule has 0 N–H and O–H groups in total. The molecule has 48 heavy (non-hydrogen) atoms. The Labute approximate surface area is 281 Å². The summed E-state index contributed by atoms with van der Waals surface area (Å²) in [6.45, 7) is 2.89. The van der Waals surface area contributed by atoms with Crippen LogP contribution in [0.3, 0.4) is 0 Å². The number of rotatable bonds is 24. The van der Waals surface area contributed by atoms with Gasteiger partial charge >= 0.3 is 17.9 Å². The molecule has 1 rings (SSSR count). The Balaban J connectivity index is 3.10. The van der Waals surface area contributed by atoms with E-state index >= 15 is 0 Å². The van der Waals surface area contributed by atoms with E-state index in [0.29, 0.717) is 39.3 Å². The molecule has 15 nitrogen and oxygen atoms in total. The molecule has 0 unspecified atom stereocenters. The smallest absolute Gasteiger partial charge is 0.338 e. The minimum Gasteiger partial charge on any atom is -0.461 e. The first-order valence-corrected chi connectivity index (χ1v) is 15.4. The molecule has 0 aromatic heterocycles. The lowest BCUT2D eigenvalue weighted by atomic mass is 10.1. The van der Waals surface area contributed by atoms with Gasteiger partial charge in [-0.3, -0.25) is 14.7 Å². The summed E-state index contributed by atoms with van der Waals surface area (Å²) in [4.78, 5) is 44.6. The van der Waals surface area contributed by atoms with Crippen molar-refractivity contribution in [1.29, 1.82) is 31.6 Å². The summed E-state index contributed by atoms with van der Waals surface area (Å²) in [7, 11) is 0. The van der Waals surface area contributed by atoms with Gasteiger partial charge in [-0.15, -0.1) is 0 Å². The summed E-state index contributed by atoms with van der Waals surface area (Å²) in [5, 5.41) is 53.3. The summed E-state index contributed by atoms with van der Waals surface area (Å²) in [6, 6.07) is 15.9. The molecule has 0 aliphatic heterocycles. The van der Waals surface area contributed by atoms with Crippen LogP contribution in [0.5, 0.6) is 0 Å². The molecular weight excluding hydrogens is 618 g/mol. The molecule has 0 bridgehead atoms. The highest BCUT2D eigenvalue weighted by atomic mass is 16.5. The van der Waals surface area contributed by atoms with Crippen molar-refractivity contribution in [2.75, 3.05) is 78.7 Å². The maximum Gasteiger partial charge on any atom is 0.338 e. The van der Waals surface area contributed by atoms with Crippen molar-refractivity contribution in [1.82, 2.24) is 14.7 Å². The van der Waals surface area contributed by atoms with Gasteiger partial charge in [-0.1, -0.05) is 0 Å². The summed E-state index contributed by atoms with van der Waals surface area (Å²) in [5.41, 5.74) is -0.316. The molecule has 252 valence electrons. The van der Waals surface area contributed by atoms with Crippen LogP contribution in [-0.4, -0.2) is 111 Å². The van der Waals surface area contributed by atoms with Gasteiger partial charge in [-0.05, 0) is 18.2 Å². The van der Waals surface area contributed by atoms with E-state index in [4.69, 9.17) is 45.8 Å². The minimum atomic E-state index is -0.822. The van der Waals surface area contributed by atoms with Crippen molar-refractivity contribution in [3.63, 3.8) is 0 Å². The normalized spacial score (nSPS) is 10.2. The molecule has 0 radical (unpaired) electrons. The Morgan fingerprint density at radius 3 is 0.812 bits per heavy atom. The average Bonchev–Trinajstić information content (AvgIpc) is 3.10. The number of nitriles is 6. The third kappa shape index (κ3) is 17.2. The maximum absolute atomic E-state index is 13.0. The van der Waals surface area contributed by atoms with E-state index in [9.17, 15) is 14.4 Å². The van der Waals surface area contributed by atoms with Crippen LogP contribution in [-0.2, 0) is 14.2 Å². The lowest BCUT2D eigenvalue weighted by Gasteiger charge is -2.20. The summed E-state index contributed by atoms with van der Waals surface area (Å²) < 4.78 is 16.2. The molecule has 15 heteroatoms. The van der Waals surface area contributed by atoms with E-state index in [1.165, 1.54) is 18.2 Å². The van der Waals surface area contributed by atoms with Gasteiger partial charge in [0.1, 0.15) is 19.8 Å². The third-order valence-electron chi connectivity index (χ3n) is 6.80. The van der Waals surface area contributed by atoms with Crippen molar-refractivity contribution < 1.29 is 28.6 Å². The van der Waals surface area contributed by atoms with Crippen LogP contribution >= 0.6 is 0 Å². The molecule has 1 aromatic carbocycles. The highest BCUT2D eigenvalue weighted by molar-refractivity contribution is 6.00. The standard InChI is InChI=1S/C33H39N9O6/c34-7-1-13-40(14-2-8-35)19-22-46-31(43)28-25-29(32(44)47-23-20-41(15-3-9-36)16-4-10-37)27-30(26-28)33(45)48-24-21-42(17-5-11-38)18-6-12-39/h25-27H,1-6,13-24H2. The quantitative estimate of drug-likeness (QED) is 0.115. The number of benzene rings is 1. The summed E-state index contributed by atoms with van der Waals surface area (Å²) in [5.74, 6) is -2.47. The molecule has 0 spiro atoms. The first-order chi connectivity index (χ1) is 23.3. The van der Waals surface area contributed by atoms with E-state index < -0.39 is 17.9 Å². The number of hydrogen-bond acceptors (Lipinski definition) is 15. The fourth-order valence-corrected chi connectivity index (χ4v) is 4.29. The van der Waals surface area contributed by atoms with E-state index in [2.05, 4.69) is 0 Å². The number of hydrogen-bond donors (Lipinski definition) is 0. The predicted octanol–water partition coefficient (Wildman–Crippen LogP) is 2.55. The molecule has 0 aliphatic rings. The van der Waals surface area contributed by atoms with Crippen LogP contribution < -0.4 is 0 Å². The molecule has 0 heterocycles.